The number of benzene rings is 2. The van der Waals surface area contributed by atoms with Crippen molar-refractivity contribution in [1.82, 2.24) is 5.32 Å². The summed E-state index contributed by atoms with van der Waals surface area (Å²) in [6, 6.07) is 17.8. The van der Waals surface area contributed by atoms with E-state index in [0.29, 0.717) is 5.57 Å². The van der Waals surface area contributed by atoms with Crippen LogP contribution in [0.25, 0.3) is 11.6 Å². The van der Waals surface area contributed by atoms with Crippen LogP contribution in [-0.2, 0) is 9.59 Å². The molecule has 0 unspecified atom stereocenters. The molecule has 124 valence electrons. The minimum Gasteiger partial charge on any atom is -0.480 e. The minimum atomic E-state index is -1.04. The summed E-state index contributed by atoms with van der Waals surface area (Å²) in [5.74, 6) is -1.64. The van der Waals surface area contributed by atoms with Crippen molar-refractivity contribution in [3.05, 3.63) is 71.8 Å². The van der Waals surface area contributed by atoms with Crippen molar-refractivity contribution in [2.75, 3.05) is 0 Å². The van der Waals surface area contributed by atoms with E-state index in [1.807, 2.05) is 60.7 Å². The number of nitrogens with one attached hydrogen (secondary N) is 1. The molecule has 2 aromatic carbocycles. The van der Waals surface area contributed by atoms with Crippen LogP contribution in [0.2, 0.25) is 0 Å². The normalized spacial score (nSPS) is 12.7. The molecule has 0 heterocycles. The van der Waals surface area contributed by atoms with Crippen molar-refractivity contribution in [2.24, 2.45) is 5.92 Å². The van der Waals surface area contributed by atoms with E-state index in [1.54, 1.807) is 19.9 Å². The first-order valence-electron chi connectivity index (χ1n) is 7.85. The number of hydrogen-bond donors (Lipinski definition) is 2. The molecule has 1 amide bonds. The predicted octanol–water partition coefficient (Wildman–Crippen LogP) is 3.45. The van der Waals surface area contributed by atoms with Crippen LogP contribution in [0.15, 0.2) is 60.7 Å². The molecule has 2 aromatic rings. The fourth-order valence-corrected chi connectivity index (χ4v) is 2.35. The lowest BCUT2D eigenvalue weighted by molar-refractivity contribution is -0.142. The quantitative estimate of drug-likeness (QED) is 0.632. The van der Waals surface area contributed by atoms with Gasteiger partial charge in [-0.1, -0.05) is 74.5 Å². The Morgan fingerprint density at radius 1 is 0.958 bits per heavy atom. The molecule has 0 spiro atoms. The third-order valence-electron chi connectivity index (χ3n) is 3.66. The number of carbonyl (C=O) groups is 2. The molecule has 2 rings (SSSR count). The van der Waals surface area contributed by atoms with Crippen LogP contribution < -0.4 is 5.32 Å². The third-order valence-corrected chi connectivity index (χ3v) is 3.66. The van der Waals surface area contributed by atoms with Crippen LogP contribution in [0.3, 0.4) is 0 Å². The van der Waals surface area contributed by atoms with Gasteiger partial charge in [-0.05, 0) is 23.1 Å². The van der Waals surface area contributed by atoms with Gasteiger partial charge >= 0.3 is 5.97 Å². The Morgan fingerprint density at radius 3 is 2.00 bits per heavy atom. The van der Waals surface area contributed by atoms with E-state index in [4.69, 9.17) is 0 Å². The summed E-state index contributed by atoms with van der Waals surface area (Å²) in [6.07, 6.45) is 1.77. The molecule has 0 bridgehead atoms. The molecule has 1 atom stereocenters. The van der Waals surface area contributed by atoms with Crippen LogP contribution in [0, 0.1) is 5.92 Å². The number of hydrogen-bond acceptors (Lipinski definition) is 2. The standard InChI is InChI=1S/C20H21NO3/c1-14(2)18(20(23)24)21-19(22)17(16-11-7-4-8-12-16)13-15-9-5-3-6-10-15/h3-14,18H,1-2H3,(H,21,22)(H,23,24)/b17-13+/t18-/m0/s1. The summed E-state index contributed by atoms with van der Waals surface area (Å²) in [5.41, 5.74) is 2.06. The zero-order valence-electron chi connectivity index (χ0n) is 13.8. The van der Waals surface area contributed by atoms with Crippen molar-refractivity contribution in [3.8, 4) is 0 Å². The minimum absolute atomic E-state index is 0.208. The van der Waals surface area contributed by atoms with E-state index in [-0.39, 0.29) is 5.92 Å². The van der Waals surface area contributed by atoms with Gasteiger partial charge in [0.25, 0.3) is 5.91 Å². The molecule has 0 aliphatic heterocycles. The summed E-state index contributed by atoms with van der Waals surface area (Å²) >= 11 is 0. The molecule has 0 aromatic heterocycles. The number of carbonyl (C=O) groups excluding carboxylic acids is 1. The largest absolute Gasteiger partial charge is 0.480 e. The van der Waals surface area contributed by atoms with Gasteiger partial charge in [0.2, 0.25) is 0 Å². The molecule has 4 heteroatoms. The van der Waals surface area contributed by atoms with Gasteiger partial charge in [-0.25, -0.2) is 4.79 Å². The maximum atomic E-state index is 12.7. The predicted molar refractivity (Wildman–Crippen MR) is 95.2 cm³/mol. The van der Waals surface area contributed by atoms with E-state index in [0.717, 1.165) is 11.1 Å². The first-order chi connectivity index (χ1) is 11.5. The molecule has 2 N–H and O–H groups in total. The first kappa shape index (κ1) is 17.5. The topological polar surface area (TPSA) is 66.4 Å². The van der Waals surface area contributed by atoms with Crippen LogP contribution in [-0.4, -0.2) is 23.0 Å². The maximum Gasteiger partial charge on any atom is 0.326 e. The second-order valence-corrected chi connectivity index (χ2v) is 5.87. The van der Waals surface area contributed by atoms with Gasteiger partial charge in [0.05, 0.1) is 0 Å². The SMILES string of the molecule is CC(C)[C@H](NC(=O)/C(=C/c1ccccc1)c1ccccc1)C(=O)O. The molecular weight excluding hydrogens is 302 g/mol. The summed E-state index contributed by atoms with van der Waals surface area (Å²) in [6.45, 7) is 3.53. The second kappa shape index (κ2) is 8.11. The molecule has 0 saturated carbocycles. The van der Waals surface area contributed by atoms with E-state index in [1.165, 1.54) is 0 Å². The van der Waals surface area contributed by atoms with Crippen molar-refractivity contribution in [1.29, 1.82) is 0 Å². The molecule has 24 heavy (non-hydrogen) atoms. The van der Waals surface area contributed by atoms with Crippen molar-refractivity contribution in [2.45, 2.75) is 19.9 Å². The van der Waals surface area contributed by atoms with Crippen molar-refractivity contribution in [3.63, 3.8) is 0 Å². The highest BCUT2D eigenvalue weighted by atomic mass is 16.4. The average molecular weight is 323 g/mol. The lowest BCUT2D eigenvalue weighted by Gasteiger charge is -2.19. The van der Waals surface area contributed by atoms with Crippen LogP contribution >= 0.6 is 0 Å². The highest BCUT2D eigenvalue weighted by molar-refractivity contribution is 6.24. The zero-order valence-corrected chi connectivity index (χ0v) is 13.8. The van der Waals surface area contributed by atoms with Gasteiger partial charge in [0.15, 0.2) is 0 Å². The lowest BCUT2D eigenvalue weighted by atomic mass is 9.99. The molecule has 0 saturated heterocycles. The second-order valence-electron chi connectivity index (χ2n) is 5.87. The molecule has 0 aliphatic carbocycles. The fourth-order valence-electron chi connectivity index (χ4n) is 2.35. The van der Waals surface area contributed by atoms with Gasteiger partial charge in [0, 0.05) is 5.57 Å². The summed E-state index contributed by atoms with van der Waals surface area (Å²) in [7, 11) is 0. The average Bonchev–Trinajstić information content (AvgIpc) is 2.58. The van der Waals surface area contributed by atoms with Crippen molar-refractivity contribution >= 4 is 23.5 Å². The summed E-state index contributed by atoms with van der Waals surface area (Å²) in [4.78, 5) is 24.1. The Bertz CT molecular complexity index is 721. The first-order valence-corrected chi connectivity index (χ1v) is 7.85. The summed E-state index contributed by atoms with van der Waals surface area (Å²) < 4.78 is 0. The Hall–Kier alpha value is -2.88. The number of carboxylic acids is 1. The van der Waals surface area contributed by atoms with E-state index in [2.05, 4.69) is 5.32 Å². The molecule has 0 aliphatic rings. The van der Waals surface area contributed by atoms with Gasteiger partial charge in [0.1, 0.15) is 6.04 Å². The van der Waals surface area contributed by atoms with Gasteiger partial charge < -0.3 is 10.4 Å². The van der Waals surface area contributed by atoms with E-state index >= 15 is 0 Å². The molecule has 0 radical (unpaired) electrons. The van der Waals surface area contributed by atoms with Crippen LogP contribution in [0.1, 0.15) is 25.0 Å². The maximum absolute atomic E-state index is 12.7. The smallest absolute Gasteiger partial charge is 0.326 e. The molecule has 0 fully saturated rings. The Kier molecular flexibility index (Phi) is 5.90. The number of carboxylic acid groups (broad SMARTS) is 1. The number of aliphatic carboxylic acids is 1. The van der Waals surface area contributed by atoms with E-state index < -0.39 is 17.9 Å². The zero-order chi connectivity index (χ0) is 17.5. The van der Waals surface area contributed by atoms with Crippen molar-refractivity contribution < 1.29 is 14.7 Å². The van der Waals surface area contributed by atoms with Gasteiger partial charge in [-0.2, -0.15) is 0 Å². The third kappa shape index (κ3) is 4.56. The number of amides is 1. The highest BCUT2D eigenvalue weighted by Gasteiger charge is 2.25. The van der Waals surface area contributed by atoms with Gasteiger partial charge in [-0.15, -0.1) is 0 Å². The lowest BCUT2D eigenvalue weighted by Crippen LogP contribution is -2.44. The van der Waals surface area contributed by atoms with Gasteiger partial charge in [-0.3, -0.25) is 4.79 Å². The fraction of sp³-hybridized carbons (Fsp3) is 0.200. The number of rotatable bonds is 6. The molecular formula is C20H21NO3. The van der Waals surface area contributed by atoms with Crippen LogP contribution in [0.5, 0.6) is 0 Å². The van der Waals surface area contributed by atoms with E-state index in [9.17, 15) is 14.7 Å². The van der Waals surface area contributed by atoms with Crippen LogP contribution in [0.4, 0.5) is 0 Å². The Balaban J connectivity index is 2.38. The Morgan fingerprint density at radius 2 is 1.50 bits per heavy atom. The Labute approximate surface area is 141 Å². The molecule has 4 nitrogen and oxygen atoms in total. The monoisotopic (exact) mass is 323 g/mol. The highest BCUT2D eigenvalue weighted by Crippen LogP contribution is 2.19. The summed E-state index contributed by atoms with van der Waals surface area (Å²) in [5, 5.41) is 11.9.